The highest BCUT2D eigenvalue weighted by molar-refractivity contribution is 5.92. The van der Waals surface area contributed by atoms with Crippen molar-refractivity contribution in [3.8, 4) is 0 Å². The fourth-order valence-electron chi connectivity index (χ4n) is 4.36. The first-order valence-electron chi connectivity index (χ1n) is 11.7. The lowest BCUT2D eigenvalue weighted by Gasteiger charge is -2.31. The van der Waals surface area contributed by atoms with E-state index in [1.165, 1.54) is 19.3 Å². The number of aryl methyl sites for hydroxylation is 1. The van der Waals surface area contributed by atoms with Crippen LogP contribution in [-0.4, -0.2) is 31.6 Å². The third-order valence-electron chi connectivity index (χ3n) is 6.65. The van der Waals surface area contributed by atoms with Gasteiger partial charge in [-0.15, -0.1) is 0 Å². The number of hydrogen-bond donors (Lipinski definition) is 3. The summed E-state index contributed by atoms with van der Waals surface area (Å²) < 4.78 is 26.0. The molecule has 0 saturated heterocycles. The van der Waals surface area contributed by atoms with Crippen molar-refractivity contribution < 1.29 is 13.6 Å². The molecule has 33 heavy (non-hydrogen) atoms. The number of benzene rings is 1. The molecule has 4 N–H and O–H groups in total. The van der Waals surface area contributed by atoms with Gasteiger partial charge in [0.2, 0.25) is 5.92 Å². The standard InChI is InChI=1S/C18H22N6O.C6H10F2/c1-24-15(7-8-21-24)18(25)20-10-16-22-13-6-5-12(9-14(13)23-16)17(19)11-3-2-4-11;7-6(8)4-2-1-3-5-6/h5-9,11,17H,2-4,10,19H2,1H3,(H,20,25)(H,22,23);1-5H2. The number of nitrogens with zero attached hydrogens (tertiary/aromatic N) is 3. The van der Waals surface area contributed by atoms with Gasteiger partial charge < -0.3 is 16.0 Å². The van der Waals surface area contributed by atoms with E-state index in [-0.39, 0.29) is 24.8 Å². The van der Waals surface area contributed by atoms with E-state index in [4.69, 9.17) is 5.73 Å². The first kappa shape index (κ1) is 23.4. The fourth-order valence-corrected chi connectivity index (χ4v) is 4.36. The van der Waals surface area contributed by atoms with Crippen molar-refractivity contribution in [1.82, 2.24) is 25.1 Å². The SMILES string of the molecule is Cn1nccc1C(=O)NCc1nc2ccc(C(N)C3CCC3)cc2[nH]1.FC1(F)CCCCC1. The molecule has 1 aromatic carbocycles. The van der Waals surface area contributed by atoms with Crippen molar-refractivity contribution in [3.63, 3.8) is 0 Å². The van der Waals surface area contributed by atoms with E-state index < -0.39 is 5.92 Å². The van der Waals surface area contributed by atoms with E-state index >= 15 is 0 Å². The van der Waals surface area contributed by atoms with Gasteiger partial charge in [-0.05, 0) is 55.4 Å². The minimum absolute atomic E-state index is 0.0921. The van der Waals surface area contributed by atoms with Gasteiger partial charge in [0.05, 0.1) is 17.6 Å². The van der Waals surface area contributed by atoms with Crippen LogP contribution in [0, 0.1) is 5.92 Å². The van der Waals surface area contributed by atoms with Crippen molar-refractivity contribution in [1.29, 1.82) is 0 Å². The minimum atomic E-state index is -2.32. The van der Waals surface area contributed by atoms with E-state index in [2.05, 4.69) is 32.5 Å². The van der Waals surface area contributed by atoms with E-state index in [0.29, 0.717) is 31.0 Å². The summed E-state index contributed by atoms with van der Waals surface area (Å²) in [5.41, 5.74) is 9.87. The molecule has 9 heteroatoms. The van der Waals surface area contributed by atoms with Crippen LogP contribution in [0.5, 0.6) is 0 Å². The summed E-state index contributed by atoms with van der Waals surface area (Å²) in [7, 11) is 1.74. The summed E-state index contributed by atoms with van der Waals surface area (Å²) in [4.78, 5) is 20.0. The minimum Gasteiger partial charge on any atom is -0.343 e. The molecule has 7 nitrogen and oxygen atoms in total. The molecule has 0 aliphatic heterocycles. The number of H-pyrrole nitrogens is 1. The van der Waals surface area contributed by atoms with Crippen LogP contribution >= 0.6 is 0 Å². The van der Waals surface area contributed by atoms with Crippen LogP contribution in [0.4, 0.5) is 8.78 Å². The van der Waals surface area contributed by atoms with Crippen LogP contribution in [0.15, 0.2) is 30.5 Å². The molecule has 1 atom stereocenters. The Balaban J connectivity index is 0.000000275. The lowest BCUT2D eigenvalue weighted by atomic mass is 9.77. The third-order valence-corrected chi connectivity index (χ3v) is 6.65. The Morgan fingerprint density at radius 2 is 2.00 bits per heavy atom. The Bertz CT molecular complexity index is 1080. The van der Waals surface area contributed by atoms with Gasteiger partial charge in [-0.25, -0.2) is 13.8 Å². The van der Waals surface area contributed by atoms with Crippen LogP contribution in [0.25, 0.3) is 11.0 Å². The summed E-state index contributed by atoms with van der Waals surface area (Å²) in [5, 5.41) is 6.86. The van der Waals surface area contributed by atoms with Crippen molar-refractivity contribution in [2.75, 3.05) is 0 Å². The first-order chi connectivity index (χ1) is 15.8. The van der Waals surface area contributed by atoms with Gasteiger partial charge in [-0.2, -0.15) is 5.10 Å². The van der Waals surface area contributed by atoms with E-state index in [9.17, 15) is 13.6 Å². The zero-order valence-corrected chi connectivity index (χ0v) is 19.0. The van der Waals surface area contributed by atoms with Crippen LogP contribution in [-0.2, 0) is 13.6 Å². The van der Waals surface area contributed by atoms with E-state index in [0.717, 1.165) is 28.8 Å². The molecule has 2 heterocycles. The van der Waals surface area contributed by atoms with E-state index in [1.54, 1.807) is 24.0 Å². The maximum absolute atomic E-state index is 12.2. The summed E-state index contributed by atoms with van der Waals surface area (Å²) in [6.45, 7) is 0.336. The quantitative estimate of drug-likeness (QED) is 0.520. The lowest BCUT2D eigenvalue weighted by Crippen LogP contribution is -2.26. The first-order valence-corrected chi connectivity index (χ1v) is 11.7. The van der Waals surface area contributed by atoms with Gasteiger partial charge in [0.1, 0.15) is 11.5 Å². The zero-order chi connectivity index (χ0) is 23.4. The molecule has 0 spiro atoms. The second-order valence-corrected chi connectivity index (χ2v) is 9.12. The molecular formula is C24H32F2N6O. The van der Waals surface area contributed by atoms with Crippen molar-refractivity contribution in [2.45, 2.75) is 69.9 Å². The summed E-state index contributed by atoms with van der Waals surface area (Å²) in [6.07, 6.45) is 7.98. The van der Waals surface area contributed by atoms with Crippen LogP contribution in [0.3, 0.4) is 0 Å². The molecule has 2 aliphatic carbocycles. The van der Waals surface area contributed by atoms with Gasteiger partial charge in [-0.3, -0.25) is 9.48 Å². The number of amides is 1. The highest BCUT2D eigenvalue weighted by Gasteiger charge is 2.30. The second-order valence-electron chi connectivity index (χ2n) is 9.12. The molecule has 2 aliphatic rings. The molecule has 0 radical (unpaired) electrons. The number of aromatic nitrogens is 4. The average Bonchev–Trinajstić information content (AvgIpc) is 3.36. The number of halogens is 2. The van der Waals surface area contributed by atoms with Gasteiger partial charge in [-0.1, -0.05) is 18.9 Å². The molecule has 2 fully saturated rings. The van der Waals surface area contributed by atoms with Crippen LogP contribution < -0.4 is 11.1 Å². The van der Waals surface area contributed by atoms with Gasteiger partial charge in [0.25, 0.3) is 5.91 Å². The normalized spacial score (nSPS) is 18.8. The van der Waals surface area contributed by atoms with Crippen LogP contribution in [0.1, 0.15) is 79.3 Å². The molecule has 2 aromatic heterocycles. The number of hydrogen-bond acceptors (Lipinski definition) is 4. The monoisotopic (exact) mass is 458 g/mol. The van der Waals surface area contributed by atoms with Gasteiger partial charge in [0.15, 0.2) is 0 Å². The number of imidazole rings is 1. The molecule has 0 bridgehead atoms. The predicted octanol–water partition coefficient (Wildman–Crippen LogP) is 4.61. The fraction of sp³-hybridized carbons (Fsp3) is 0.542. The number of fused-ring (bicyclic) bond motifs is 1. The third kappa shape index (κ3) is 5.76. The Morgan fingerprint density at radius 1 is 1.24 bits per heavy atom. The lowest BCUT2D eigenvalue weighted by molar-refractivity contribution is -0.0337. The molecule has 1 amide bonds. The number of carbonyl (C=O) groups excluding carboxylic acids is 1. The van der Waals surface area contributed by atoms with Crippen molar-refractivity contribution in [3.05, 3.63) is 47.5 Å². The summed E-state index contributed by atoms with van der Waals surface area (Å²) in [5.74, 6) is -1.18. The molecule has 178 valence electrons. The number of carbonyl (C=O) groups is 1. The van der Waals surface area contributed by atoms with Gasteiger partial charge in [0, 0.05) is 32.1 Å². The number of alkyl halides is 2. The Morgan fingerprint density at radius 3 is 2.58 bits per heavy atom. The Hall–Kier alpha value is -2.81. The predicted molar refractivity (Wildman–Crippen MR) is 123 cm³/mol. The summed E-state index contributed by atoms with van der Waals surface area (Å²) in [6, 6.07) is 7.91. The van der Waals surface area contributed by atoms with Crippen molar-refractivity contribution in [2.24, 2.45) is 18.7 Å². The maximum Gasteiger partial charge on any atom is 0.269 e. The highest BCUT2D eigenvalue weighted by atomic mass is 19.3. The molecule has 2 saturated carbocycles. The zero-order valence-electron chi connectivity index (χ0n) is 19.0. The van der Waals surface area contributed by atoms with Crippen molar-refractivity contribution >= 4 is 16.9 Å². The van der Waals surface area contributed by atoms with Crippen LogP contribution in [0.2, 0.25) is 0 Å². The Labute approximate surface area is 192 Å². The smallest absolute Gasteiger partial charge is 0.269 e. The number of aromatic amines is 1. The highest BCUT2D eigenvalue weighted by Crippen LogP contribution is 2.36. The topological polar surface area (TPSA) is 102 Å². The molecule has 5 rings (SSSR count). The Kier molecular flexibility index (Phi) is 7.07. The molecule has 3 aromatic rings. The van der Waals surface area contributed by atoms with E-state index in [1.807, 2.05) is 6.07 Å². The van der Waals surface area contributed by atoms with Gasteiger partial charge >= 0.3 is 0 Å². The maximum atomic E-state index is 12.2. The molecular weight excluding hydrogens is 426 g/mol. The summed E-state index contributed by atoms with van der Waals surface area (Å²) >= 11 is 0. The number of nitrogens with one attached hydrogen (secondary N) is 2. The second kappa shape index (κ2) is 9.99. The number of rotatable bonds is 5. The number of nitrogens with two attached hydrogens (primary N) is 1. The average molecular weight is 459 g/mol. The largest absolute Gasteiger partial charge is 0.343 e. The molecule has 1 unspecified atom stereocenters.